The summed E-state index contributed by atoms with van der Waals surface area (Å²) in [5.41, 5.74) is 3.51. The molecule has 0 bridgehead atoms. The average Bonchev–Trinajstić information content (AvgIpc) is 3.31. The van der Waals surface area contributed by atoms with Crippen molar-refractivity contribution in [3.05, 3.63) is 17.6 Å². The van der Waals surface area contributed by atoms with E-state index in [2.05, 4.69) is 33.3 Å². The van der Waals surface area contributed by atoms with Gasteiger partial charge in [0.15, 0.2) is 0 Å². The molecule has 4 rings (SSSR count). The number of hydrogen-bond acceptors (Lipinski definition) is 6. The number of fused-ring (bicyclic) bond motifs is 1. The number of likely N-dealkylation sites (tertiary alicyclic amines) is 1. The van der Waals surface area contributed by atoms with Gasteiger partial charge in [0.25, 0.3) is 0 Å². The van der Waals surface area contributed by atoms with Gasteiger partial charge < -0.3 is 14.0 Å². The summed E-state index contributed by atoms with van der Waals surface area (Å²) < 4.78 is 13.5. The van der Waals surface area contributed by atoms with E-state index >= 15 is 0 Å². The van der Waals surface area contributed by atoms with E-state index in [1.165, 1.54) is 44.1 Å². The van der Waals surface area contributed by atoms with Gasteiger partial charge in [0.1, 0.15) is 18.1 Å². The maximum absolute atomic E-state index is 11.5. The monoisotopic (exact) mass is 386 g/mol. The minimum Gasteiger partial charge on any atom is -0.474 e. The number of nitrogens with zero attached hydrogens (tertiary/aromatic N) is 4. The van der Waals surface area contributed by atoms with Crippen LogP contribution < -0.4 is 4.74 Å². The Kier molecular flexibility index (Phi) is 5.53. The molecule has 3 heterocycles. The standard InChI is InChI=1S/C21H30N4O3/c1-14-15(2)25(16-6-4-5-7-16)20-19(14)21(23-13-22-20)28-17-8-10-24(11-9-17)12-18(26)27-3/h13,16-17H,4-12H2,1-3H3. The molecule has 7 nitrogen and oxygen atoms in total. The number of piperidine rings is 1. The molecule has 0 radical (unpaired) electrons. The molecule has 152 valence electrons. The number of carbonyl (C=O) groups is 1. The van der Waals surface area contributed by atoms with E-state index in [1.54, 1.807) is 6.33 Å². The molecule has 0 aromatic carbocycles. The lowest BCUT2D eigenvalue weighted by Crippen LogP contribution is -2.41. The van der Waals surface area contributed by atoms with Crippen molar-refractivity contribution < 1.29 is 14.3 Å². The molecule has 1 aliphatic heterocycles. The lowest BCUT2D eigenvalue weighted by atomic mass is 10.1. The first-order chi connectivity index (χ1) is 13.6. The van der Waals surface area contributed by atoms with Crippen molar-refractivity contribution in [1.82, 2.24) is 19.4 Å². The lowest BCUT2D eigenvalue weighted by Gasteiger charge is -2.31. The first-order valence-corrected chi connectivity index (χ1v) is 10.4. The quantitative estimate of drug-likeness (QED) is 0.735. The highest BCUT2D eigenvalue weighted by Crippen LogP contribution is 2.38. The molecule has 7 heteroatoms. The van der Waals surface area contributed by atoms with Crippen LogP contribution in [0.15, 0.2) is 6.33 Å². The smallest absolute Gasteiger partial charge is 0.319 e. The minimum atomic E-state index is -0.184. The summed E-state index contributed by atoms with van der Waals surface area (Å²) in [5, 5.41) is 1.06. The Morgan fingerprint density at radius 3 is 2.54 bits per heavy atom. The molecule has 2 aromatic rings. The van der Waals surface area contributed by atoms with Crippen molar-refractivity contribution in [2.45, 2.75) is 64.5 Å². The van der Waals surface area contributed by atoms with Gasteiger partial charge in [-0.15, -0.1) is 0 Å². The predicted molar refractivity (Wildman–Crippen MR) is 107 cm³/mol. The lowest BCUT2D eigenvalue weighted by molar-refractivity contribution is -0.142. The molecule has 1 saturated heterocycles. The van der Waals surface area contributed by atoms with Gasteiger partial charge >= 0.3 is 5.97 Å². The van der Waals surface area contributed by atoms with Crippen LogP contribution in [-0.2, 0) is 9.53 Å². The summed E-state index contributed by atoms with van der Waals surface area (Å²) in [4.78, 5) is 22.7. The predicted octanol–water partition coefficient (Wildman–Crippen LogP) is 3.18. The molecule has 1 aliphatic carbocycles. The zero-order valence-corrected chi connectivity index (χ0v) is 17.1. The number of methoxy groups -OCH3 is 1. The SMILES string of the molecule is COC(=O)CN1CCC(Oc2ncnc3c2c(C)c(C)n3C2CCCC2)CC1. The molecule has 1 saturated carbocycles. The number of ether oxygens (including phenoxy) is 2. The van der Waals surface area contributed by atoms with Gasteiger partial charge in [-0.2, -0.15) is 0 Å². The van der Waals surface area contributed by atoms with E-state index in [1.807, 2.05) is 0 Å². The zero-order valence-electron chi connectivity index (χ0n) is 17.1. The second kappa shape index (κ2) is 8.07. The van der Waals surface area contributed by atoms with E-state index < -0.39 is 0 Å². The van der Waals surface area contributed by atoms with Crippen molar-refractivity contribution >= 4 is 17.0 Å². The van der Waals surface area contributed by atoms with Gasteiger partial charge in [-0.25, -0.2) is 9.97 Å². The molecule has 2 aliphatic rings. The summed E-state index contributed by atoms with van der Waals surface area (Å²) in [6.07, 6.45) is 8.54. The average molecular weight is 386 g/mol. The third kappa shape index (κ3) is 3.60. The fraction of sp³-hybridized carbons (Fsp3) is 0.667. The molecule has 2 fully saturated rings. The van der Waals surface area contributed by atoms with Gasteiger partial charge in [-0.3, -0.25) is 9.69 Å². The van der Waals surface area contributed by atoms with Crippen LogP contribution >= 0.6 is 0 Å². The van der Waals surface area contributed by atoms with Crippen LogP contribution in [0.3, 0.4) is 0 Å². The van der Waals surface area contributed by atoms with Crippen LogP contribution in [0.25, 0.3) is 11.0 Å². The van der Waals surface area contributed by atoms with Crippen molar-refractivity contribution in [3.8, 4) is 5.88 Å². The number of carbonyl (C=O) groups excluding carboxylic acids is 1. The molecule has 0 unspecified atom stereocenters. The first-order valence-electron chi connectivity index (χ1n) is 10.4. The second-order valence-electron chi connectivity index (χ2n) is 8.07. The fourth-order valence-corrected chi connectivity index (χ4v) is 4.68. The van der Waals surface area contributed by atoms with Crippen LogP contribution in [0.2, 0.25) is 0 Å². The van der Waals surface area contributed by atoms with Crippen LogP contribution in [0, 0.1) is 13.8 Å². The van der Waals surface area contributed by atoms with Crippen LogP contribution in [0.1, 0.15) is 55.8 Å². The molecule has 0 N–H and O–H groups in total. The fourth-order valence-electron chi connectivity index (χ4n) is 4.68. The van der Waals surface area contributed by atoms with Gasteiger partial charge in [0, 0.05) is 24.8 Å². The zero-order chi connectivity index (χ0) is 19.7. The van der Waals surface area contributed by atoms with Crippen LogP contribution in [-0.4, -0.2) is 58.3 Å². The third-order valence-corrected chi connectivity index (χ3v) is 6.38. The maximum atomic E-state index is 11.5. The minimum absolute atomic E-state index is 0.113. The first kappa shape index (κ1) is 19.2. The summed E-state index contributed by atoms with van der Waals surface area (Å²) in [5.74, 6) is 0.519. The normalized spacial score (nSPS) is 19.4. The summed E-state index contributed by atoms with van der Waals surface area (Å²) in [6, 6.07) is 0.542. The number of aromatic nitrogens is 3. The molecule has 28 heavy (non-hydrogen) atoms. The van der Waals surface area contributed by atoms with E-state index in [0.717, 1.165) is 37.0 Å². The van der Waals surface area contributed by atoms with Gasteiger partial charge in [-0.05, 0) is 45.1 Å². The second-order valence-corrected chi connectivity index (χ2v) is 8.07. The largest absolute Gasteiger partial charge is 0.474 e. The molecule has 0 spiro atoms. The molecule has 2 aromatic heterocycles. The van der Waals surface area contributed by atoms with E-state index in [9.17, 15) is 4.79 Å². The third-order valence-electron chi connectivity index (χ3n) is 6.38. The number of rotatable bonds is 5. The topological polar surface area (TPSA) is 69.5 Å². The Morgan fingerprint density at radius 1 is 1.14 bits per heavy atom. The highest BCUT2D eigenvalue weighted by Gasteiger charge is 2.27. The van der Waals surface area contributed by atoms with Gasteiger partial charge in [0.05, 0.1) is 19.0 Å². The Balaban J connectivity index is 1.52. The summed E-state index contributed by atoms with van der Waals surface area (Å²) >= 11 is 0. The van der Waals surface area contributed by atoms with Crippen molar-refractivity contribution in [3.63, 3.8) is 0 Å². The number of aryl methyl sites for hydroxylation is 1. The Hall–Kier alpha value is -2.15. The Bertz CT molecular complexity index is 849. The molecular formula is C21H30N4O3. The van der Waals surface area contributed by atoms with E-state index in [4.69, 9.17) is 9.47 Å². The Morgan fingerprint density at radius 2 is 1.86 bits per heavy atom. The maximum Gasteiger partial charge on any atom is 0.319 e. The molecule has 0 amide bonds. The summed E-state index contributed by atoms with van der Waals surface area (Å²) in [6.45, 7) is 6.34. The van der Waals surface area contributed by atoms with Crippen molar-refractivity contribution in [1.29, 1.82) is 0 Å². The van der Waals surface area contributed by atoms with Crippen molar-refractivity contribution in [2.75, 3.05) is 26.7 Å². The molecular weight excluding hydrogens is 356 g/mol. The van der Waals surface area contributed by atoms with E-state index in [-0.39, 0.29) is 12.1 Å². The Labute approximate surface area is 166 Å². The van der Waals surface area contributed by atoms with Crippen LogP contribution in [0.5, 0.6) is 5.88 Å². The summed E-state index contributed by atoms with van der Waals surface area (Å²) in [7, 11) is 1.43. The van der Waals surface area contributed by atoms with Crippen molar-refractivity contribution in [2.24, 2.45) is 0 Å². The highest BCUT2D eigenvalue weighted by atomic mass is 16.5. The van der Waals surface area contributed by atoms with Crippen LogP contribution in [0.4, 0.5) is 0 Å². The van der Waals surface area contributed by atoms with Gasteiger partial charge in [-0.1, -0.05) is 12.8 Å². The highest BCUT2D eigenvalue weighted by molar-refractivity contribution is 5.86. The number of esters is 1. The number of hydrogen-bond donors (Lipinski definition) is 0. The molecule has 0 atom stereocenters. The van der Waals surface area contributed by atoms with Gasteiger partial charge in [0.2, 0.25) is 5.88 Å². The van der Waals surface area contributed by atoms with E-state index in [0.29, 0.717) is 18.5 Å².